The maximum atomic E-state index is 15.1. The lowest BCUT2D eigenvalue weighted by Gasteiger charge is -2.55. The second-order valence-electron chi connectivity index (χ2n) is 14.6. The summed E-state index contributed by atoms with van der Waals surface area (Å²) in [4.78, 5) is 73.4. The van der Waals surface area contributed by atoms with E-state index in [1.165, 1.54) is 11.0 Å². The van der Waals surface area contributed by atoms with E-state index in [1.807, 2.05) is 72.8 Å². The van der Waals surface area contributed by atoms with E-state index in [0.717, 1.165) is 5.57 Å². The number of benzene rings is 5. The molecule has 0 aromatic heterocycles. The monoisotopic (exact) mass is 709 g/mol. The van der Waals surface area contributed by atoms with E-state index < -0.39 is 35.0 Å². The Morgan fingerprint density at radius 1 is 0.667 bits per heavy atom. The number of para-hydroxylation sites is 1. The van der Waals surface area contributed by atoms with E-state index in [1.54, 1.807) is 72.8 Å². The molecule has 1 saturated carbocycles. The lowest BCUT2D eigenvalue weighted by Crippen LogP contribution is -2.58. The van der Waals surface area contributed by atoms with Crippen molar-refractivity contribution >= 4 is 40.4 Å². The number of phenolic OH excluding ortho intramolecular Hbond substituents is 1. The molecule has 1 heterocycles. The molecule has 2 amide bonds. The van der Waals surface area contributed by atoms with E-state index in [9.17, 15) is 19.5 Å². The van der Waals surface area contributed by atoms with E-state index in [4.69, 9.17) is 0 Å². The third-order valence-electron chi connectivity index (χ3n) is 12.0. The molecule has 1 aliphatic heterocycles. The van der Waals surface area contributed by atoms with Crippen LogP contribution in [0, 0.1) is 23.7 Å². The standard InChI is InChI=1S/C47H35NO6/c49-39-19-11-10-18-34(39)42-33-24-25-35-41(46(54)48(45(35)53)32-22-20-30(21-23-32)43(51)29-14-6-2-7-15-29)37(33)26-38-44(52)36(28-12-4-1-5-13-28)27-40(50)47(38,42)31-16-8-3-9-17-31/h1-24,27,35,37-38,41-42,49H,25-26H2/t35-,37+,38-,41-,42+,47-/m0/s1. The topological polar surface area (TPSA) is 109 Å². The number of aromatic hydroxyl groups is 1. The van der Waals surface area contributed by atoms with Gasteiger partial charge in [0.1, 0.15) is 5.75 Å². The number of hydrogen-bond acceptors (Lipinski definition) is 6. The molecule has 1 saturated heterocycles. The summed E-state index contributed by atoms with van der Waals surface area (Å²) in [5.41, 5.74) is 2.79. The fourth-order valence-corrected chi connectivity index (χ4v) is 9.72. The first-order valence-corrected chi connectivity index (χ1v) is 18.3. The summed E-state index contributed by atoms with van der Waals surface area (Å²) in [6.45, 7) is 0. The minimum Gasteiger partial charge on any atom is -0.508 e. The lowest BCUT2D eigenvalue weighted by atomic mass is 9.44. The zero-order valence-corrected chi connectivity index (χ0v) is 29.2. The summed E-state index contributed by atoms with van der Waals surface area (Å²) < 4.78 is 0. The highest BCUT2D eigenvalue weighted by Gasteiger charge is 2.66. The Bertz CT molecular complexity index is 2420. The number of carbonyl (C=O) groups excluding carboxylic acids is 5. The van der Waals surface area contributed by atoms with Crippen molar-refractivity contribution in [3.05, 3.63) is 185 Å². The van der Waals surface area contributed by atoms with Crippen LogP contribution in [-0.4, -0.2) is 34.3 Å². The van der Waals surface area contributed by atoms with Crippen LogP contribution in [-0.2, 0) is 24.6 Å². The summed E-state index contributed by atoms with van der Waals surface area (Å²) in [6.07, 6.45) is 3.88. The van der Waals surface area contributed by atoms with Crippen molar-refractivity contribution in [2.24, 2.45) is 23.7 Å². The van der Waals surface area contributed by atoms with Crippen molar-refractivity contribution in [1.82, 2.24) is 0 Å². The molecule has 3 aliphatic carbocycles. The first-order chi connectivity index (χ1) is 26.3. The van der Waals surface area contributed by atoms with Crippen molar-refractivity contribution in [2.45, 2.75) is 24.2 Å². The number of nitrogens with zero attached hydrogens (tertiary/aromatic N) is 1. The number of anilines is 1. The van der Waals surface area contributed by atoms with Crippen LogP contribution in [0.1, 0.15) is 51.4 Å². The summed E-state index contributed by atoms with van der Waals surface area (Å²) in [5.74, 6) is -5.08. The Morgan fingerprint density at radius 3 is 1.96 bits per heavy atom. The van der Waals surface area contributed by atoms with E-state index in [0.29, 0.717) is 39.1 Å². The molecule has 264 valence electrons. The number of imide groups is 1. The van der Waals surface area contributed by atoms with Crippen LogP contribution in [0.15, 0.2) is 157 Å². The highest BCUT2D eigenvalue weighted by Crippen LogP contribution is 2.64. The Hall–Kier alpha value is -6.47. The van der Waals surface area contributed by atoms with E-state index >= 15 is 9.59 Å². The van der Waals surface area contributed by atoms with Crippen LogP contribution < -0.4 is 4.90 Å². The molecule has 54 heavy (non-hydrogen) atoms. The van der Waals surface area contributed by atoms with Gasteiger partial charge in [-0.2, -0.15) is 0 Å². The van der Waals surface area contributed by atoms with Crippen molar-refractivity contribution in [3.8, 4) is 5.75 Å². The lowest BCUT2D eigenvalue weighted by molar-refractivity contribution is -0.135. The molecular weight excluding hydrogens is 675 g/mol. The number of amides is 2. The smallest absolute Gasteiger partial charge is 0.238 e. The van der Waals surface area contributed by atoms with Gasteiger partial charge in [-0.1, -0.05) is 121 Å². The summed E-state index contributed by atoms with van der Waals surface area (Å²) in [6, 6.07) is 40.7. The quantitative estimate of drug-likeness (QED) is 0.110. The Kier molecular flexibility index (Phi) is 7.96. The summed E-state index contributed by atoms with van der Waals surface area (Å²) >= 11 is 0. The molecular formula is C47H35NO6. The number of hydrogen-bond donors (Lipinski definition) is 1. The molecule has 7 heteroatoms. The number of Topliss-reactive ketones (excluding diaryl/α,β-unsaturated/α-hetero) is 1. The predicted molar refractivity (Wildman–Crippen MR) is 203 cm³/mol. The van der Waals surface area contributed by atoms with Gasteiger partial charge < -0.3 is 5.11 Å². The third kappa shape index (κ3) is 4.92. The van der Waals surface area contributed by atoms with Gasteiger partial charge in [0, 0.05) is 34.1 Å². The van der Waals surface area contributed by atoms with Crippen LogP contribution in [0.3, 0.4) is 0 Å². The number of rotatable bonds is 6. The molecule has 6 atom stereocenters. The van der Waals surface area contributed by atoms with E-state index in [-0.39, 0.29) is 47.8 Å². The summed E-state index contributed by atoms with van der Waals surface area (Å²) in [5, 5.41) is 11.5. The number of ketones is 3. The van der Waals surface area contributed by atoms with Gasteiger partial charge in [-0.3, -0.25) is 28.9 Å². The van der Waals surface area contributed by atoms with Gasteiger partial charge in [0.25, 0.3) is 0 Å². The van der Waals surface area contributed by atoms with Gasteiger partial charge in [-0.05, 0) is 66.3 Å². The Morgan fingerprint density at radius 2 is 1.28 bits per heavy atom. The molecule has 0 unspecified atom stereocenters. The molecule has 2 fully saturated rings. The zero-order valence-electron chi connectivity index (χ0n) is 29.2. The minimum absolute atomic E-state index is 0.0149. The van der Waals surface area contributed by atoms with Gasteiger partial charge in [0.15, 0.2) is 17.3 Å². The number of phenols is 1. The zero-order chi connectivity index (χ0) is 37.1. The maximum Gasteiger partial charge on any atom is 0.238 e. The SMILES string of the molecule is O=C(c1ccccc1)c1ccc(N2C(=O)[C@H]3[C@H](CC=C4[C@H]3C[C@H]3C(=O)C(c5ccccc5)=CC(=O)[C@@]3(c3ccccc3)[C@H]4c3ccccc3O)C2=O)cc1. The molecule has 4 aliphatic rings. The number of carbonyl (C=O) groups is 5. The fraction of sp³-hybridized carbons (Fsp3) is 0.170. The Balaban J connectivity index is 1.17. The minimum atomic E-state index is -1.42. The molecule has 0 bridgehead atoms. The van der Waals surface area contributed by atoms with Crippen molar-refractivity contribution < 1.29 is 29.1 Å². The average Bonchev–Trinajstić information content (AvgIpc) is 3.48. The maximum absolute atomic E-state index is 15.1. The molecule has 5 aromatic carbocycles. The average molecular weight is 710 g/mol. The Labute approximate surface area is 312 Å². The first kappa shape index (κ1) is 33.4. The summed E-state index contributed by atoms with van der Waals surface area (Å²) in [7, 11) is 0. The van der Waals surface area contributed by atoms with Gasteiger partial charge >= 0.3 is 0 Å². The number of fused-ring (bicyclic) bond motifs is 4. The van der Waals surface area contributed by atoms with Gasteiger partial charge in [-0.15, -0.1) is 0 Å². The van der Waals surface area contributed by atoms with Gasteiger partial charge in [0.05, 0.1) is 22.9 Å². The van der Waals surface area contributed by atoms with Crippen LogP contribution in [0.4, 0.5) is 5.69 Å². The highest BCUT2D eigenvalue weighted by atomic mass is 16.3. The van der Waals surface area contributed by atoms with Crippen molar-refractivity contribution in [2.75, 3.05) is 4.90 Å². The second-order valence-corrected chi connectivity index (χ2v) is 14.6. The molecule has 9 rings (SSSR count). The molecule has 1 N–H and O–H groups in total. The van der Waals surface area contributed by atoms with Gasteiger partial charge in [0.2, 0.25) is 11.8 Å². The molecule has 0 spiro atoms. The van der Waals surface area contributed by atoms with Crippen molar-refractivity contribution in [1.29, 1.82) is 0 Å². The van der Waals surface area contributed by atoms with Crippen molar-refractivity contribution in [3.63, 3.8) is 0 Å². The number of allylic oxidation sites excluding steroid dienone is 4. The molecule has 7 nitrogen and oxygen atoms in total. The van der Waals surface area contributed by atoms with E-state index in [2.05, 4.69) is 0 Å². The second kappa shape index (κ2) is 12.9. The highest BCUT2D eigenvalue weighted by molar-refractivity contribution is 6.32. The van der Waals surface area contributed by atoms with Gasteiger partial charge in [-0.25, -0.2) is 0 Å². The van der Waals surface area contributed by atoms with Crippen LogP contribution in [0.5, 0.6) is 5.75 Å². The van der Waals surface area contributed by atoms with Crippen LogP contribution >= 0.6 is 0 Å². The third-order valence-corrected chi connectivity index (χ3v) is 12.0. The predicted octanol–water partition coefficient (Wildman–Crippen LogP) is 7.65. The fourth-order valence-electron chi connectivity index (χ4n) is 9.72. The normalized spacial score (nSPS) is 26.0. The van der Waals surface area contributed by atoms with Crippen LogP contribution in [0.2, 0.25) is 0 Å². The molecule has 5 aromatic rings. The molecule has 0 radical (unpaired) electrons. The largest absolute Gasteiger partial charge is 0.508 e. The van der Waals surface area contributed by atoms with Crippen LogP contribution in [0.25, 0.3) is 5.57 Å². The first-order valence-electron chi connectivity index (χ1n) is 18.3.